The predicted octanol–water partition coefficient (Wildman–Crippen LogP) is 2.77. The normalized spacial score (nSPS) is 10.8. The number of fused-ring (bicyclic) bond motifs is 1. The molecule has 0 bridgehead atoms. The van der Waals surface area contributed by atoms with Crippen molar-refractivity contribution in [1.29, 1.82) is 0 Å². The number of aromatic nitrogens is 1. The number of allylic oxidation sites excluding steroid dienone is 1. The van der Waals surface area contributed by atoms with Gasteiger partial charge in [-0.05, 0) is 25.1 Å². The third-order valence-corrected chi connectivity index (χ3v) is 2.74. The van der Waals surface area contributed by atoms with Gasteiger partial charge in [0.25, 0.3) is 0 Å². The molecule has 1 heterocycles. The minimum absolute atomic E-state index is 0.234. The lowest BCUT2D eigenvalue weighted by molar-refractivity contribution is -0.144. The molecule has 2 rings (SSSR count). The second kappa shape index (κ2) is 6.61. The molecule has 0 aliphatic rings. The van der Waals surface area contributed by atoms with Gasteiger partial charge in [0.05, 0.1) is 12.1 Å². The molecular weight excluding hydrogens is 254 g/mol. The van der Waals surface area contributed by atoms with Gasteiger partial charge >= 0.3 is 5.97 Å². The van der Waals surface area contributed by atoms with Crippen LogP contribution in [0.15, 0.2) is 42.6 Å². The molecule has 0 aliphatic carbocycles. The summed E-state index contributed by atoms with van der Waals surface area (Å²) in [7, 11) is 0. The summed E-state index contributed by atoms with van der Waals surface area (Å²) in [5, 5.41) is 1.01. The Hall–Kier alpha value is -2.49. The summed E-state index contributed by atoms with van der Waals surface area (Å²) < 4.78 is 4.73. The van der Waals surface area contributed by atoms with Gasteiger partial charge in [-0.1, -0.05) is 24.3 Å². The van der Waals surface area contributed by atoms with Crippen LogP contribution in [0.1, 0.15) is 18.9 Å². The summed E-state index contributed by atoms with van der Waals surface area (Å²) in [5.41, 5.74) is 1.68. The van der Waals surface area contributed by atoms with Gasteiger partial charge in [-0.25, -0.2) is 0 Å². The maximum absolute atomic E-state index is 11.6. The fraction of sp³-hybridized carbons (Fsp3) is 0.188. The number of hydrogen-bond acceptors (Lipinski definition) is 4. The highest BCUT2D eigenvalue weighted by Gasteiger charge is 2.07. The average Bonchev–Trinajstić information content (AvgIpc) is 2.45. The van der Waals surface area contributed by atoms with Crippen molar-refractivity contribution >= 4 is 28.7 Å². The summed E-state index contributed by atoms with van der Waals surface area (Å²) in [4.78, 5) is 27.1. The Balaban J connectivity index is 2.14. The Morgan fingerprint density at radius 2 is 2.05 bits per heavy atom. The Kier molecular flexibility index (Phi) is 4.60. The predicted molar refractivity (Wildman–Crippen MR) is 77.0 cm³/mol. The zero-order chi connectivity index (χ0) is 14.4. The molecule has 102 valence electrons. The molecular formula is C16H15NO3. The lowest BCUT2D eigenvalue weighted by Crippen LogP contribution is -2.09. The van der Waals surface area contributed by atoms with Crippen LogP contribution in [-0.4, -0.2) is 23.3 Å². The van der Waals surface area contributed by atoms with Crippen LogP contribution in [-0.2, 0) is 14.3 Å². The van der Waals surface area contributed by atoms with Gasteiger partial charge in [0.15, 0.2) is 5.78 Å². The van der Waals surface area contributed by atoms with Gasteiger partial charge in [0.1, 0.15) is 6.42 Å². The van der Waals surface area contributed by atoms with Crippen molar-refractivity contribution in [3.8, 4) is 0 Å². The summed E-state index contributed by atoms with van der Waals surface area (Å²) in [6.07, 6.45) is 4.54. The van der Waals surface area contributed by atoms with E-state index in [0.29, 0.717) is 0 Å². The van der Waals surface area contributed by atoms with E-state index in [1.807, 2.05) is 30.3 Å². The summed E-state index contributed by atoms with van der Waals surface area (Å²) in [5.74, 6) is -0.783. The van der Waals surface area contributed by atoms with Crippen LogP contribution in [0.3, 0.4) is 0 Å². The van der Waals surface area contributed by atoms with Crippen molar-refractivity contribution in [2.75, 3.05) is 6.61 Å². The number of para-hydroxylation sites is 1. The number of carbonyl (C=O) groups is 2. The molecule has 0 spiro atoms. The Bertz CT molecular complexity index is 656. The first kappa shape index (κ1) is 13.9. The number of ether oxygens (including phenoxy) is 1. The van der Waals surface area contributed by atoms with Crippen molar-refractivity contribution in [1.82, 2.24) is 4.98 Å². The Morgan fingerprint density at radius 1 is 1.25 bits per heavy atom. The van der Waals surface area contributed by atoms with E-state index in [9.17, 15) is 9.59 Å². The van der Waals surface area contributed by atoms with Crippen molar-refractivity contribution < 1.29 is 14.3 Å². The SMILES string of the molecule is CCOC(=O)CC(=O)C=Cc1cccc2cccnc12. The molecule has 0 saturated heterocycles. The second-order valence-corrected chi connectivity index (χ2v) is 4.20. The molecule has 0 amide bonds. The van der Waals surface area contributed by atoms with E-state index in [-0.39, 0.29) is 18.8 Å². The monoisotopic (exact) mass is 269 g/mol. The molecule has 4 nitrogen and oxygen atoms in total. The van der Waals surface area contributed by atoms with E-state index in [1.165, 1.54) is 6.08 Å². The number of pyridine rings is 1. The number of rotatable bonds is 5. The molecule has 0 radical (unpaired) electrons. The molecule has 0 atom stereocenters. The van der Waals surface area contributed by atoms with Crippen LogP contribution < -0.4 is 0 Å². The molecule has 4 heteroatoms. The fourth-order valence-corrected chi connectivity index (χ4v) is 1.86. The number of benzene rings is 1. The largest absolute Gasteiger partial charge is 0.466 e. The van der Waals surface area contributed by atoms with Crippen molar-refractivity contribution in [3.05, 3.63) is 48.2 Å². The number of esters is 1. The van der Waals surface area contributed by atoms with Crippen LogP contribution in [0.25, 0.3) is 17.0 Å². The van der Waals surface area contributed by atoms with Crippen LogP contribution >= 0.6 is 0 Å². The van der Waals surface area contributed by atoms with Gasteiger partial charge < -0.3 is 4.74 Å². The first-order valence-corrected chi connectivity index (χ1v) is 6.41. The second-order valence-electron chi connectivity index (χ2n) is 4.20. The quantitative estimate of drug-likeness (QED) is 0.476. The maximum atomic E-state index is 11.6. The van der Waals surface area contributed by atoms with Crippen molar-refractivity contribution in [2.45, 2.75) is 13.3 Å². The molecule has 0 unspecified atom stereocenters. The lowest BCUT2D eigenvalue weighted by atomic mass is 10.1. The minimum Gasteiger partial charge on any atom is -0.466 e. The number of nitrogens with zero attached hydrogens (tertiary/aromatic N) is 1. The summed E-state index contributed by atoms with van der Waals surface area (Å²) in [6.45, 7) is 1.99. The smallest absolute Gasteiger partial charge is 0.313 e. The van der Waals surface area contributed by atoms with Crippen LogP contribution in [0, 0.1) is 0 Å². The highest BCUT2D eigenvalue weighted by Crippen LogP contribution is 2.17. The van der Waals surface area contributed by atoms with Crippen LogP contribution in [0.5, 0.6) is 0 Å². The number of ketones is 1. The van der Waals surface area contributed by atoms with Crippen molar-refractivity contribution in [2.24, 2.45) is 0 Å². The first-order chi connectivity index (χ1) is 9.70. The van der Waals surface area contributed by atoms with E-state index in [4.69, 9.17) is 4.74 Å². The summed E-state index contributed by atoms with van der Waals surface area (Å²) in [6, 6.07) is 9.56. The molecule has 1 aromatic heterocycles. The van der Waals surface area contributed by atoms with Crippen LogP contribution in [0.2, 0.25) is 0 Å². The van der Waals surface area contributed by atoms with E-state index >= 15 is 0 Å². The molecule has 1 aromatic carbocycles. The Labute approximate surface area is 117 Å². The highest BCUT2D eigenvalue weighted by molar-refractivity contribution is 6.04. The van der Waals surface area contributed by atoms with E-state index in [1.54, 1.807) is 19.2 Å². The van der Waals surface area contributed by atoms with Gasteiger partial charge in [-0.2, -0.15) is 0 Å². The van der Waals surface area contributed by atoms with Gasteiger partial charge in [-0.15, -0.1) is 0 Å². The van der Waals surface area contributed by atoms with Gasteiger partial charge in [-0.3, -0.25) is 14.6 Å². The molecule has 20 heavy (non-hydrogen) atoms. The van der Waals surface area contributed by atoms with E-state index in [0.717, 1.165) is 16.5 Å². The maximum Gasteiger partial charge on any atom is 0.313 e. The highest BCUT2D eigenvalue weighted by atomic mass is 16.5. The molecule has 0 N–H and O–H groups in total. The average molecular weight is 269 g/mol. The lowest BCUT2D eigenvalue weighted by Gasteiger charge is -2.00. The fourth-order valence-electron chi connectivity index (χ4n) is 1.86. The number of hydrogen-bond donors (Lipinski definition) is 0. The molecule has 0 fully saturated rings. The topological polar surface area (TPSA) is 56.3 Å². The standard InChI is InChI=1S/C16H15NO3/c1-2-20-15(19)11-14(18)9-8-13-6-3-5-12-7-4-10-17-16(12)13/h3-10H,2,11H2,1H3. The van der Waals surface area contributed by atoms with Crippen molar-refractivity contribution in [3.63, 3.8) is 0 Å². The van der Waals surface area contributed by atoms with Crippen LogP contribution in [0.4, 0.5) is 0 Å². The van der Waals surface area contributed by atoms with E-state index < -0.39 is 5.97 Å². The zero-order valence-electron chi connectivity index (χ0n) is 11.2. The summed E-state index contributed by atoms with van der Waals surface area (Å²) >= 11 is 0. The third kappa shape index (κ3) is 3.51. The van der Waals surface area contributed by atoms with Gasteiger partial charge in [0, 0.05) is 17.1 Å². The first-order valence-electron chi connectivity index (χ1n) is 6.41. The van der Waals surface area contributed by atoms with Gasteiger partial charge in [0.2, 0.25) is 0 Å². The third-order valence-electron chi connectivity index (χ3n) is 2.74. The minimum atomic E-state index is -0.502. The van der Waals surface area contributed by atoms with E-state index in [2.05, 4.69) is 4.98 Å². The molecule has 0 saturated carbocycles. The Morgan fingerprint density at radius 3 is 2.85 bits per heavy atom. The molecule has 2 aromatic rings. The zero-order valence-corrected chi connectivity index (χ0v) is 11.2. The molecule has 0 aliphatic heterocycles. The number of carbonyl (C=O) groups excluding carboxylic acids is 2.